The van der Waals surface area contributed by atoms with E-state index >= 15 is 0 Å². The predicted molar refractivity (Wildman–Crippen MR) is 113 cm³/mol. The van der Waals surface area contributed by atoms with Crippen LogP contribution in [0.4, 0.5) is 0 Å². The molecule has 1 aliphatic heterocycles. The SMILES string of the molecule is CC(C)CC(NC(=O)c1cccc(S(=O)(=O)N2CCCCC2)c1)c1cccs1. The van der Waals surface area contributed by atoms with Gasteiger partial charge in [0.2, 0.25) is 10.0 Å². The minimum atomic E-state index is -3.55. The topological polar surface area (TPSA) is 66.5 Å². The van der Waals surface area contributed by atoms with Gasteiger partial charge in [-0.25, -0.2) is 8.42 Å². The summed E-state index contributed by atoms with van der Waals surface area (Å²) in [6.45, 7) is 5.35. The van der Waals surface area contributed by atoms with Crippen molar-refractivity contribution >= 4 is 27.3 Å². The second kappa shape index (κ2) is 9.20. The van der Waals surface area contributed by atoms with Gasteiger partial charge in [0.25, 0.3) is 5.91 Å². The van der Waals surface area contributed by atoms with Crippen molar-refractivity contribution in [3.05, 3.63) is 52.2 Å². The smallest absolute Gasteiger partial charge is 0.251 e. The molecule has 1 aromatic carbocycles. The number of amides is 1. The first-order valence-corrected chi connectivity index (χ1v) is 12.1. The molecule has 5 nitrogen and oxygen atoms in total. The number of rotatable bonds is 7. The fourth-order valence-corrected chi connectivity index (χ4v) is 5.86. The first kappa shape index (κ1) is 21.0. The van der Waals surface area contributed by atoms with Crippen LogP contribution in [0.5, 0.6) is 0 Å². The minimum Gasteiger partial charge on any atom is -0.344 e. The van der Waals surface area contributed by atoms with Crippen molar-refractivity contribution in [1.29, 1.82) is 0 Å². The average Bonchev–Trinajstić information content (AvgIpc) is 3.23. The van der Waals surface area contributed by atoms with Gasteiger partial charge in [0.1, 0.15) is 0 Å². The van der Waals surface area contributed by atoms with Crippen molar-refractivity contribution in [2.75, 3.05) is 13.1 Å². The Kier molecular flexibility index (Phi) is 6.91. The van der Waals surface area contributed by atoms with Crippen molar-refractivity contribution < 1.29 is 13.2 Å². The van der Waals surface area contributed by atoms with Crippen LogP contribution in [0.15, 0.2) is 46.7 Å². The van der Waals surface area contributed by atoms with Crippen LogP contribution in [0.3, 0.4) is 0 Å². The molecule has 0 radical (unpaired) electrons. The fraction of sp³-hybridized carbons (Fsp3) is 0.476. The lowest BCUT2D eigenvalue weighted by Gasteiger charge is -2.26. The van der Waals surface area contributed by atoms with E-state index in [4.69, 9.17) is 0 Å². The molecule has 0 aliphatic carbocycles. The van der Waals surface area contributed by atoms with Gasteiger partial charge in [0.15, 0.2) is 0 Å². The van der Waals surface area contributed by atoms with Gasteiger partial charge in [-0.2, -0.15) is 4.31 Å². The first-order chi connectivity index (χ1) is 13.4. The summed E-state index contributed by atoms with van der Waals surface area (Å²) in [6, 6.07) is 10.3. The number of benzene rings is 1. The molecule has 2 aromatic rings. The molecule has 1 amide bonds. The highest BCUT2D eigenvalue weighted by molar-refractivity contribution is 7.89. The van der Waals surface area contributed by atoms with E-state index in [1.165, 1.54) is 10.4 Å². The van der Waals surface area contributed by atoms with Crippen LogP contribution in [-0.4, -0.2) is 31.7 Å². The van der Waals surface area contributed by atoms with E-state index in [0.29, 0.717) is 24.6 Å². The monoisotopic (exact) mass is 420 g/mol. The molecule has 3 rings (SSSR count). The number of carbonyl (C=O) groups is 1. The molecule has 0 saturated carbocycles. The molecule has 28 heavy (non-hydrogen) atoms. The van der Waals surface area contributed by atoms with E-state index < -0.39 is 10.0 Å². The number of nitrogens with zero attached hydrogens (tertiary/aromatic N) is 1. The molecule has 0 spiro atoms. The Hall–Kier alpha value is -1.70. The average molecular weight is 421 g/mol. The molecule has 1 atom stereocenters. The molecule has 1 unspecified atom stereocenters. The maximum Gasteiger partial charge on any atom is 0.251 e. The molecule has 152 valence electrons. The van der Waals surface area contributed by atoms with E-state index in [1.807, 2.05) is 17.5 Å². The van der Waals surface area contributed by atoms with Gasteiger partial charge in [-0.15, -0.1) is 11.3 Å². The highest BCUT2D eigenvalue weighted by Crippen LogP contribution is 2.26. The third-order valence-electron chi connectivity index (χ3n) is 4.95. The lowest BCUT2D eigenvalue weighted by atomic mass is 10.0. The summed E-state index contributed by atoms with van der Waals surface area (Å²) in [7, 11) is -3.55. The molecule has 1 aliphatic rings. The fourth-order valence-electron chi connectivity index (χ4n) is 3.50. The van der Waals surface area contributed by atoms with Crippen LogP contribution in [0.25, 0.3) is 0 Å². The Morgan fingerprint density at radius 1 is 1.14 bits per heavy atom. The van der Waals surface area contributed by atoms with Crippen molar-refractivity contribution in [3.63, 3.8) is 0 Å². The molecular weight excluding hydrogens is 392 g/mol. The van der Waals surface area contributed by atoms with Crippen LogP contribution in [0, 0.1) is 5.92 Å². The summed E-state index contributed by atoms with van der Waals surface area (Å²) >= 11 is 1.62. The van der Waals surface area contributed by atoms with Crippen LogP contribution in [-0.2, 0) is 10.0 Å². The summed E-state index contributed by atoms with van der Waals surface area (Å²) in [5.74, 6) is 0.188. The number of hydrogen-bond donors (Lipinski definition) is 1. The Morgan fingerprint density at radius 2 is 1.89 bits per heavy atom. The maximum absolute atomic E-state index is 12.9. The Bertz CT molecular complexity index is 886. The number of piperidine rings is 1. The van der Waals surface area contributed by atoms with E-state index in [-0.39, 0.29) is 16.8 Å². The summed E-state index contributed by atoms with van der Waals surface area (Å²) in [4.78, 5) is 14.2. The molecule has 7 heteroatoms. The number of sulfonamides is 1. The molecule has 1 aromatic heterocycles. The standard InChI is InChI=1S/C21H28N2O3S2/c1-16(2)14-19(20-10-7-13-27-20)22-21(24)17-8-6-9-18(15-17)28(25,26)23-11-4-3-5-12-23/h6-10,13,15-16,19H,3-5,11-12,14H2,1-2H3,(H,22,24). The van der Waals surface area contributed by atoms with E-state index in [2.05, 4.69) is 19.2 Å². The summed E-state index contributed by atoms with van der Waals surface area (Å²) in [5.41, 5.74) is 0.378. The highest BCUT2D eigenvalue weighted by Gasteiger charge is 2.27. The zero-order chi connectivity index (χ0) is 20.1. The van der Waals surface area contributed by atoms with Gasteiger partial charge in [-0.05, 0) is 54.8 Å². The first-order valence-electron chi connectivity index (χ1n) is 9.82. The third kappa shape index (κ3) is 5.01. The van der Waals surface area contributed by atoms with Crippen LogP contribution in [0.1, 0.15) is 60.8 Å². The van der Waals surface area contributed by atoms with Crippen LogP contribution < -0.4 is 5.32 Å². The quantitative estimate of drug-likeness (QED) is 0.720. The van der Waals surface area contributed by atoms with Crippen LogP contribution in [0.2, 0.25) is 0 Å². The normalized spacial score (nSPS) is 16.8. The van der Waals surface area contributed by atoms with Crippen LogP contribution >= 0.6 is 11.3 Å². The zero-order valence-corrected chi connectivity index (χ0v) is 18.1. The lowest BCUT2D eigenvalue weighted by molar-refractivity contribution is 0.0932. The van der Waals surface area contributed by atoms with Crippen molar-refractivity contribution in [1.82, 2.24) is 9.62 Å². The largest absolute Gasteiger partial charge is 0.344 e. The molecule has 1 saturated heterocycles. The summed E-state index contributed by atoms with van der Waals surface area (Å²) in [6.07, 6.45) is 3.67. The van der Waals surface area contributed by atoms with E-state index in [9.17, 15) is 13.2 Å². The Balaban J connectivity index is 1.79. The van der Waals surface area contributed by atoms with E-state index in [1.54, 1.807) is 29.5 Å². The third-order valence-corrected chi connectivity index (χ3v) is 7.83. The van der Waals surface area contributed by atoms with Crippen molar-refractivity contribution in [2.24, 2.45) is 5.92 Å². The highest BCUT2D eigenvalue weighted by atomic mass is 32.2. The second-order valence-corrected chi connectivity index (χ2v) is 10.6. The molecule has 2 heterocycles. The minimum absolute atomic E-state index is 0.0742. The lowest BCUT2D eigenvalue weighted by Crippen LogP contribution is -2.35. The maximum atomic E-state index is 12.9. The molecule has 1 fully saturated rings. The molecule has 0 bridgehead atoms. The Morgan fingerprint density at radius 3 is 2.54 bits per heavy atom. The van der Waals surface area contributed by atoms with Gasteiger partial charge in [-0.1, -0.05) is 32.4 Å². The Labute approximate surface area is 171 Å². The number of thiophene rings is 1. The molecular formula is C21H28N2O3S2. The van der Waals surface area contributed by atoms with Gasteiger partial charge >= 0.3 is 0 Å². The van der Waals surface area contributed by atoms with Gasteiger partial charge in [0.05, 0.1) is 10.9 Å². The number of hydrogen-bond acceptors (Lipinski definition) is 4. The van der Waals surface area contributed by atoms with Gasteiger partial charge in [-0.3, -0.25) is 4.79 Å². The van der Waals surface area contributed by atoms with E-state index in [0.717, 1.165) is 30.6 Å². The zero-order valence-electron chi connectivity index (χ0n) is 16.4. The molecule has 1 N–H and O–H groups in total. The second-order valence-electron chi connectivity index (χ2n) is 7.66. The predicted octanol–water partition coefficient (Wildman–Crippen LogP) is 4.44. The summed E-state index contributed by atoms with van der Waals surface area (Å²) < 4.78 is 27.4. The van der Waals surface area contributed by atoms with Gasteiger partial charge < -0.3 is 5.32 Å². The van der Waals surface area contributed by atoms with Gasteiger partial charge in [0, 0.05) is 23.5 Å². The van der Waals surface area contributed by atoms with Crippen molar-refractivity contribution in [2.45, 2.75) is 50.5 Å². The summed E-state index contributed by atoms with van der Waals surface area (Å²) in [5, 5.41) is 5.09. The number of nitrogens with one attached hydrogen (secondary N) is 1. The van der Waals surface area contributed by atoms with Crippen molar-refractivity contribution in [3.8, 4) is 0 Å². The number of carbonyl (C=O) groups excluding carboxylic acids is 1.